The number of esters is 1. The number of hydrogen-bond donors (Lipinski definition) is 1. The van der Waals surface area contributed by atoms with Crippen molar-refractivity contribution in [1.82, 2.24) is 19.6 Å². The number of hydrogen-bond acceptors (Lipinski definition) is 6. The maximum Gasteiger partial charge on any atom is 0.343 e. The fraction of sp³-hybridized carbons (Fsp3) is 0.522. The largest absolute Gasteiger partial charge is 0.462 e. The lowest BCUT2D eigenvalue weighted by molar-refractivity contribution is -0.117. The topological polar surface area (TPSA) is 79.7 Å². The normalized spacial score (nSPS) is 15.2. The van der Waals surface area contributed by atoms with Crippen molar-refractivity contribution in [2.75, 3.05) is 45.2 Å². The van der Waals surface area contributed by atoms with Crippen LogP contribution in [0.5, 0.6) is 0 Å². The number of amides is 1. The molecule has 1 aromatic carbocycles. The van der Waals surface area contributed by atoms with E-state index in [4.69, 9.17) is 4.74 Å². The second kappa shape index (κ2) is 11.1. The average molecular weight is 428 g/mol. The highest BCUT2D eigenvalue weighted by atomic mass is 16.5. The Bertz CT molecular complexity index is 859. The molecule has 1 aromatic heterocycles. The zero-order valence-corrected chi connectivity index (χ0v) is 18.7. The van der Waals surface area contributed by atoms with Crippen LogP contribution in [0.25, 0.3) is 0 Å². The number of benzene rings is 1. The van der Waals surface area contributed by atoms with Gasteiger partial charge in [-0.3, -0.25) is 14.4 Å². The summed E-state index contributed by atoms with van der Waals surface area (Å²) < 4.78 is 6.52. The van der Waals surface area contributed by atoms with Gasteiger partial charge in [-0.15, -0.1) is 0 Å². The van der Waals surface area contributed by atoms with Crippen LogP contribution in [0.4, 0.5) is 5.82 Å². The Morgan fingerprint density at radius 3 is 2.61 bits per heavy atom. The second-order valence-corrected chi connectivity index (χ2v) is 8.20. The third-order valence-corrected chi connectivity index (χ3v) is 5.63. The van der Waals surface area contributed by atoms with E-state index in [0.29, 0.717) is 18.3 Å². The summed E-state index contributed by atoms with van der Waals surface area (Å²) in [7, 11) is 3.86. The number of likely N-dealkylation sites (tertiary alicyclic amines) is 1. The van der Waals surface area contributed by atoms with Crippen LogP contribution in [0.2, 0.25) is 0 Å². The molecule has 3 rings (SSSR count). The van der Waals surface area contributed by atoms with Crippen molar-refractivity contribution < 1.29 is 14.3 Å². The molecule has 1 saturated heterocycles. The molecule has 0 aliphatic carbocycles. The second-order valence-electron chi connectivity index (χ2n) is 8.20. The molecule has 0 saturated carbocycles. The van der Waals surface area contributed by atoms with Crippen molar-refractivity contribution in [3.8, 4) is 0 Å². The molecular weight excluding hydrogens is 394 g/mol. The number of piperidine rings is 1. The van der Waals surface area contributed by atoms with Crippen molar-refractivity contribution in [2.45, 2.75) is 26.3 Å². The van der Waals surface area contributed by atoms with E-state index in [1.54, 1.807) is 14.0 Å². The van der Waals surface area contributed by atoms with Gasteiger partial charge in [-0.25, -0.2) is 4.79 Å². The lowest BCUT2D eigenvalue weighted by atomic mass is 9.96. The summed E-state index contributed by atoms with van der Waals surface area (Å²) in [5.74, 6) is 0.390. The minimum atomic E-state index is -0.480. The number of rotatable bonds is 9. The first-order valence-electron chi connectivity index (χ1n) is 10.9. The van der Waals surface area contributed by atoms with Gasteiger partial charge in [-0.05, 0) is 51.4 Å². The average Bonchev–Trinajstić information content (AvgIpc) is 3.10. The Hall–Kier alpha value is -2.71. The van der Waals surface area contributed by atoms with E-state index in [1.807, 2.05) is 6.07 Å². The van der Waals surface area contributed by atoms with Crippen LogP contribution in [0.15, 0.2) is 36.5 Å². The zero-order chi connectivity index (χ0) is 22.2. The molecule has 1 amide bonds. The molecule has 2 heterocycles. The van der Waals surface area contributed by atoms with Crippen molar-refractivity contribution in [3.63, 3.8) is 0 Å². The molecule has 31 heavy (non-hydrogen) atoms. The standard InChI is InChI=1S/C23H33N5O3/c1-4-31-23(30)20-14-24-27(3)22(20)25-21(29)17-28-12-10-19(11-13-28)16-26(2)15-18-8-6-5-7-9-18/h5-9,14,19H,4,10-13,15-17H2,1-3H3,(H,25,29). The molecule has 1 aliphatic rings. The van der Waals surface area contributed by atoms with Gasteiger partial charge in [0.15, 0.2) is 0 Å². The predicted molar refractivity (Wildman–Crippen MR) is 120 cm³/mol. The summed E-state index contributed by atoms with van der Waals surface area (Å²) in [6, 6.07) is 10.5. The summed E-state index contributed by atoms with van der Waals surface area (Å²) in [5.41, 5.74) is 1.61. The van der Waals surface area contributed by atoms with Crippen molar-refractivity contribution in [1.29, 1.82) is 0 Å². The van der Waals surface area contributed by atoms with Gasteiger partial charge in [0, 0.05) is 20.1 Å². The van der Waals surface area contributed by atoms with Crippen LogP contribution in [0.3, 0.4) is 0 Å². The lowest BCUT2D eigenvalue weighted by Crippen LogP contribution is -2.41. The van der Waals surface area contributed by atoms with Gasteiger partial charge in [0.1, 0.15) is 11.4 Å². The van der Waals surface area contributed by atoms with E-state index in [2.05, 4.69) is 51.5 Å². The minimum Gasteiger partial charge on any atom is -0.462 e. The molecular formula is C23H33N5O3. The molecule has 8 nitrogen and oxygen atoms in total. The molecule has 8 heteroatoms. The highest BCUT2D eigenvalue weighted by Gasteiger charge is 2.24. The van der Waals surface area contributed by atoms with Gasteiger partial charge in [0.2, 0.25) is 5.91 Å². The fourth-order valence-corrected chi connectivity index (χ4v) is 4.05. The lowest BCUT2D eigenvalue weighted by Gasteiger charge is -2.33. The Labute approximate surface area is 184 Å². The maximum absolute atomic E-state index is 12.6. The third kappa shape index (κ3) is 6.63. The van der Waals surface area contributed by atoms with E-state index in [1.165, 1.54) is 16.4 Å². The highest BCUT2D eigenvalue weighted by Crippen LogP contribution is 2.20. The van der Waals surface area contributed by atoms with Crippen molar-refractivity contribution in [3.05, 3.63) is 47.7 Å². The molecule has 0 bridgehead atoms. The number of carbonyl (C=O) groups excluding carboxylic acids is 2. The first-order valence-corrected chi connectivity index (χ1v) is 10.9. The number of ether oxygens (including phenoxy) is 1. The number of nitrogens with one attached hydrogen (secondary N) is 1. The van der Waals surface area contributed by atoms with Crippen LogP contribution in [-0.4, -0.2) is 71.3 Å². The van der Waals surface area contributed by atoms with Crippen molar-refractivity contribution >= 4 is 17.7 Å². The number of aryl methyl sites for hydroxylation is 1. The number of aromatic nitrogens is 2. The van der Waals surface area contributed by atoms with Gasteiger partial charge in [0.25, 0.3) is 0 Å². The molecule has 1 aliphatic heterocycles. The quantitative estimate of drug-likeness (QED) is 0.619. The number of anilines is 1. The molecule has 0 spiro atoms. The van der Waals surface area contributed by atoms with Gasteiger partial charge in [-0.2, -0.15) is 5.10 Å². The van der Waals surface area contributed by atoms with Crippen LogP contribution in [-0.2, 0) is 23.1 Å². The Kier molecular flexibility index (Phi) is 8.20. The van der Waals surface area contributed by atoms with Gasteiger partial charge < -0.3 is 15.0 Å². The van der Waals surface area contributed by atoms with Crippen LogP contribution in [0, 0.1) is 5.92 Å². The Morgan fingerprint density at radius 2 is 1.94 bits per heavy atom. The maximum atomic E-state index is 12.6. The van der Waals surface area contributed by atoms with E-state index in [0.717, 1.165) is 39.0 Å². The summed E-state index contributed by atoms with van der Waals surface area (Å²) in [6.45, 7) is 6.14. The summed E-state index contributed by atoms with van der Waals surface area (Å²) in [5, 5.41) is 6.90. The molecule has 0 unspecified atom stereocenters. The van der Waals surface area contributed by atoms with Gasteiger partial charge >= 0.3 is 5.97 Å². The number of nitrogens with zero attached hydrogens (tertiary/aromatic N) is 4. The Balaban J connectivity index is 1.43. The van der Waals surface area contributed by atoms with Crippen LogP contribution < -0.4 is 5.32 Å². The fourth-order valence-electron chi connectivity index (χ4n) is 4.05. The molecule has 1 N–H and O–H groups in total. The molecule has 1 fully saturated rings. The molecule has 0 radical (unpaired) electrons. The van der Waals surface area contributed by atoms with E-state index < -0.39 is 5.97 Å². The molecule has 168 valence electrons. The SMILES string of the molecule is CCOC(=O)c1cnn(C)c1NC(=O)CN1CCC(CN(C)Cc2ccccc2)CC1. The van der Waals surface area contributed by atoms with E-state index in [-0.39, 0.29) is 18.1 Å². The molecule has 0 atom stereocenters. The predicted octanol–water partition coefficient (Wildman–Crippen LogP) is 2.38. The van der Waals surface area contributed by atoms with E-state index in [9.17, 15) is 9.59 Å². The smallest absolute Gasteiger partial charge is 0.343 e. The summed E-state index contributed by atoms with van der Waals surface area (Å²) in [6.07, 6.45) is 3.57. The van der Waals surface area contributed by atoms with Gasteiger partial charge in [0.05, 0.1) is 19.3 Å². The van der Waals surface area contributed by atoms with Crippen molar-refractivity contribution in [2.24, 2.45) is 13.0 Å². The monoisotopic (exact) mass is 427 g/mol. The minimum absolute atomic E-state index is 0.145. The summed E-state index contributed by atoms with van der Waals surface area (Å²) in [4.78, 5) is 29.2. The first kappa shape index (κ1) is 23.0. The molecule has 2 aromatic rings. The Morgan fingerprint density at radius 1 is 1.23 bits per heavy atom. The van der Waals surface area contributed by atoms with Crippen LogP contribution in [0.1, 0.15) is 35.7 Å². The highest BCUT2D eigenvalue weighted by molar-refractivity contribution is 6.00. The van der Waals surface area contributed by atoms with E-state index >= 15 is 0 Å². The zero-order valence-electron chi connectivity index (χ0n) is 18.7. The third-order valence-electron chi connectivity index (χ3n) is 5.63. The number of carbonyl (C=O) groups is 2. The summed E-state index contributed by atoms with van der Waals surface area (Å²) >= 11 is 0. The van der Waals surface area contributed by atoms with Crippen LogP contribution >= 0.6 is 0 Å². The van der Waals surface area contributed by atoms with Gasteiger partial charge in [-0.1, -0.05) is 30.3 Å². The first-order chi connectivity index (χ1) is 15.0.